The molecule has 20 heavy (non-hydrogen) atoms. The van der Waals surface area contributed by atoms with Gasteiger partial charge in [-0.2, -0.15) is 12.1 Å². The topological polar surface area (TPSA) is 0 Å². The molecule has 2 aromatic rings. The van der Waals surface area contributed by atoms with Crippen LogP contribution < -0.4 is 24.8 Å². The van der Waals surface area contributed by atoms with Gasteiger partial charge in [0.2, 0.25) is 0 Å². The first kappa shape index (κ1) is 21.8. The van der Waals surface area contributed by atoms with Crippen molar-refractivity contribution < 1.29 is 51.0 Å². The molecule has 0 aliphatic heterocycles. The fraction of sp³-hybridized carbons (Fsp3) is 0.118. The summed E-state index contributed by atoms with van der Waals surface area (Å²) in [6.45, 7) is 3.74. The second kappa shape index (κ2) is 12.3. The minimum Gasteiger partial charge on any atom is -1.00 e. The first-order valence-corrected chi connectivity index (χ1v) is 5.88. The third-order valence-electron chi connectivity index (χ3n) is 2.72. The van der Waals surface area contributed by atoms with Crippen LogP contribution in [0.25, 0.3) is 10.8 Å². The van der Waals surface area contributed by atoms with Gasteiger partial charge in [0, 0.05) is 0 Å². The van der Waals surface area contributed by atoms with Crippen molar-refractivity contribution in [1.82, 2.24) is 0 Å². The molecule has 1 aliphatic rings. The van der Waals surface area contributed by atoms with Crippen molar-refractivity contribution in [2.75, 3.05) is 0 Å². The summed E-state index contributed by atoms with van der Waals surface area (Å²) in [6.07, 6.45) is 12.9. The average Bonchev–Trinajstić information content (AvgIpc) is 3.02. The van der Waals surface area contributed by atoms with E-state index in [2.05, 4.69) is 55.1 Å². The number of hydrogen-bond donors (Lipinski definition) is 0. The molecule has 102 valence electrons. The maximum absolute atomic E-state index is 3.74. The molecule has 0 fully saturated rings. The fourth-order valence-corrected chi connectivity index (χ4v) is 1.89. The van der Waals surface area contributed by atoms with E-state index in [1.165, 1.54) is 16.3 Å². The molecular weight excluding hydrogens is 366 g/mol. The van der Waals surface area contributed by atoms with Gasteiger partial charge in [-0.1, -0.05) is 12.1 Å². The molecule has 1 aliphatic carbocycles. The van der Waals surface area contributed by atoms with Crippen molar-refractivity contribution >= 4 is 10.8 Å². The molecule has 0 saturated carbocycles. The number of allylic oxidation sites excluding steroid dienone is 5. The molecule has 3 heteroatoms. The number of hydrogen-bond acceptors (Lipinski definition) is 0. The van der Waals surface area contributed by atoms with Crippen molar-refractivity contribution in [3.05, 3.63) is 78.9 Å². The first-order valence-electron chi connectivity index (χ1n) is 5.88. The summed E-state index contributed by atoms with van der Waals surface area (Å²) in [5.41, 5.74) is 1.38. The maximum atomic E-state index is 3.74. The van der Waals surface area contributed by atoms with E-state index < -0.39 is 0 Å². The molecule has 0 heterocycles. The van der Waals surface area contributed by atoms with Gasteiger partial charge >= 0.3 is 26.2 Å². The quantitative estimate of drug-likeness (QED) is 0.443. The monoisotopic (exact) mass is 380 g/mol. The Morgan fingerprint density at radius 1 is 1.20 bits per heavy atom. The van der Waals surface area contributed by atoms with Crippen LogP contribution in [0.5, 0.6) is 0 Å². The van der Waals surface area contributed by atoms with E-state index in [0.717, 1.165) is 12.8 Å². The van der Waals surface area contributed by atoms with Gasteiger partial charge in [-0.15, -0.1) is 53.6 Å². The third-order valence-corrected chi connectivity index (χ3v) is 2.72. The normalized spacial score (nSPS) is 10.6. The van der Waals surface area contributed by atoms with Crippen molar-refractivity contribution in [2.45, 2.75) is 12.8 Å². The minimum atomic E-state index is 0. The molecule has 0 spiro atoms. The summed E-state index contributed by atoms with van der Waals surface area (Å²) in [7, 11) is 0. The Kier molecular flexibility index (Phi) is 13.4. The molecule has 0 nitrogen and oxygen atoms in total. The van der Waals surface area contributed by atoms with Crippen LogP contribution in [-0.4, -0.2) is 0 Å². The molecule has 0 amide bonds. The van der Waals surface area contributed by atoms with Gasteiger partial charge in [-0.3, -0.25) is 6.08 Å². The molecule has 0 atom stereocenters. The van der Waals surface area contributed by atoms with Crippen molar-refractivity contribution in [1.29, 1.82) is 0 Å². The molecule has 3 rings (SSSR count). The zero-order valence-electron chi connectivity index (χ0n) is 11.2. The van der Waals surface area contributed by atoms with Crippen molar-refractivity contribution in [3.8, 4) is 0 Å². The standard InChI is InChI=1S/C12H11.C5H5.2ClH.Zr/c1-2-5-10-8-9-11-6-3-4-7-12(10)11;1-2-4-5-3-1;;;/h2-4,6-9H,1,5H2;1-3H,4H2;2*1H;/q2*-1;;;+4/p-2. The predicted molar refractivity (Wildman–Crippen MR) is 75.0 cm³/mol. The Morgan fingerprint density at radius 2 is 1.95 bits per heavy atom. The second-order valence-electron chi connectivity index (χ2n) is 3.94. The van der Waals surface area contributed by atoms with Crippen LogP contribution in [0.3, 0.4) is 0 Å². The largest absolute Gasteiger partial charge is 4.00 e. The molecule has 0 aromatic heterocycles. The minimum absolute atomic E-state index is 0. The first-order chi connectivity index (χ1) is 8.42. The van der Waals surface area contributed by atoms with E-state index in [1.807, 2.05) is 18.2 Å². The zero-order valence-corrected chi connectivity index (χ0v) is 15.1. The average molecular weight is 382 g/mol. The molecular formula is C17H16Cl2Zr. The Bertz CT molecular complexity index is 543. The summed E-state index contributed by atoms with van der Waals surface area (Å²) < 4.78 is 0. The summed E-state index contributed by atoms with van der Waals surface area (Å²) in [4.78, 5) is 0. The van der Waals surface area contributed by atoms with E-state index in [4.69, 9.17) is 0 Å². The summed E-state index contributed by atoms with van der Waals surface area (Å²) in [5.74, 6) is 0. The molecule has 2 aromatic carbocycles. The Labute approximate surface area is 153 Å². The third kappa shape index (κ3) is 6.31. The second-order valence-corrected chi connectivity index (χ2v) is 3.94. The number of fused-ring (bicyclic) bond motifs is 1. The van der Waals surface area contributed by atoms with Crippen LogP contribution in [0.4, 0.5) is 0 Å². The van der Waals surface area contributed by atoms with Crippen LogP contribution in [0.15, 0.2) is 67.3 Å². The number of halogens is 2. The van der Waals surface area contributed by atoms with E-state index in [9.17, 15) is 0 Å². The predicted octanol–water partition coefficient (Wildman–Crippen LogP) is -1.40. The Hall–Kier alpha value is -0.487. The Balaban J connectivity index is 0. The molecule has 0 unspecified atom stereocenters. The van der Waals surface area contributed by atoms with Crippen molar-refractivity contribution in [2.24, 2.45) is 0 Å². The molecule has 0 N–H and O–H groups in total. The SMILES string of the molecule is C=CC[c-]1ccc2ccccc21.[C-]1=CC=CC1.[Cl-].[Cl-].[Zr+4]. The van der Waals surface area contributed by atoms with Crippen LogP contribution in [0.2, 0.25) is 0 Å². The van der Waals surface area contributed by atoms with E-state index in [0.29, 0.717) is 0 Å². The summed E-state index contributed by atoms with van der Waals surface area (Å²) >= 11 is 0. The van der Waals surface area contributed by atoms with Crippen LogP contribution in [0, 0.1) is 6.08 Å². The number of benzene rings is 1. The Morgan fingerprint density at radius 3 is 2.50 bits per heavy atom. The summed E-state index contributed by atoms with van der Waals surface area (Å²) in [5, 5.41) is 2.69. The van der Waals surface area contributed by atoms with Gasteiger partial charge in [-0.25, -0.2) is 12.2 Å². The van der Waals surface area contributed by atoms with E-state index in [-0.39, 0.29) is 51.0 Å². The summed E-state index contributed by atoms with van der Waals surface area (Å²) in [6, 6.07) is 12.8. The van der Waals surface area contributed by atoms with Gasteiger partial charge in [-0.05, 0) is 6.42 Å². The van der Waals surface area contributed by atoms with Crippen LogP contribution in [0.1, 0.15) is 12.0 Å². The zero-order chi connectivity index (χ0) is 11.9. The number of rotatable bonds is 2. The van der Waals surface area contributed by atoms with Gasteiger partial charge in [0.1, 0.15) is 0 Å². The van der Waals surface area contributed by atoms with Crippen LogP contribution in [-0.2, 0) is 32.6 Å². The van der Waals surface area contributed by atoms with Gasteiger partial charge < -0.3 is 24.8 Å². The smallest absolute Gasteiger partial charge is 1.00 e. The molecule has 0 saturated heterocycles. The van der Waals surface area contributed by atoms with Gasteiger partial charge in [0.25, 0.3) is 0 Å². The molecule has 0 radical (unpaired) electrons. The van der Waals surface area contributed by atoms with E-state index >= 15 is 0 Å². The fourth-order valence-electron chi connectivity index (χ4n) is 1.89. The maximum Gasteiger partial charge on any atom is 4.00 e. The van der Waals surface area contributed by atoms with Gasteiger partial charge in [0.05, 0.1) is 0 Å². The van der Waals surface area contributed by atoms with E-state index in [1.54, 1.807) is 0 Å². The van der Waals surface area contributed by atoms with Crippen molar-refractivity contribution in [3.63, 3.8) is 0 Å². The van der Waals surface area contributed by atoms with Gasteiger partial charge in [0.15, 0.2) is 0 Å². The molecule has 0 bridgehead atoms. The van der Waals surface area contributed by atoms with Crippen LogP contribution >= 0.6 is 0 Å².